The second-order valence-corrected chi connectivity index (χ2v) is 5.66. The lowest BCUT2D eigenvalue weighted by atomic mass is 10.0. The van der Waals surface area contributed by atoms with Crippen molar-refractivity contribution < 1.29 is 9.47 Å². The lowest BCUT2D eigenvalue weighted by Gasteiger charge is -2.12. The van der Waals surface area contributed by atoms with Crippen LogP contribution in [-0.4, -0.2) is 19.2 Å². The molecule has 0 unspecified atom stereocenters. The first-order chi connectivity index (χ1) is 12.2. The van der Waals surface area contributed by atoms with E-state index in [0.717, 1.165) is 27.6 Å². The summed E-state index contributed by atoms with van der Waals surface area (Å²) in [6.07, 6.45) is 3.60. The van der Waals surface area contributed by atoms with Crippen molar-refractivity contribution in [3.8, 4) is 17.6 Å². The van der Waals surface area contributed by atoms with Gasteiger partial charge in [0.2, 0.25) is 0 Å². The van der Waals surface area contributed by atoms with Gasteiger partial charge < -0.3 is 9.47 Å². The van der Waals surface area contributed by atoms with Crippen LogP contribution in [0.3, 0.4) is 0 Å². The van der Waals surface area contributed by atoms with Crippen LogP contribution in [0.15, 0.2) is 48.7 Å². The zero-order chi connectivity index (χ0) is 17.8. The first kappa shape index (κ1) is 16.5. The average Bonchev–Trinajstić information content (AvgIpc) is 2.65. The maximum atomic E-state index is 9.62. The van der Waals surface area contributed by atoms with E-state index >= 15 is 0 Å². The second-order valence-electron chi connectivity index (χ2n) is 5.66. The maximum Gasteiger partial charge on any atom is 0.163 e. The molecule has 0 saturated carbocycles. The van der Waals surface area contributed by atoms with Crippen LogP contribution < -0.4 is 9.47 Å². The van der Waals surface area contributed by atoms with E-state index in [-0.39, 0.29) is 0 Å². The summed E-state index contributed by atoms with van der Waals surface area (Å²) < 4.78 is 10.8. The van der Waals surface area contributed by atoms with Crippen LogP contribution in [0, 0.1) is 18.3 Å². The Balaban J connectivity index is 2.08. The SMILES string of the molecule is COc1cc(/C(C#N)=C/c2cnc3ccccc3c2)cc(C)c1OC. The van der Waals surface area contributed by atoms with Crippen molar-refractivity contribution in [3.05, 3.63) is 65.4 Å². The van der Waals surface area contributed by atoms with E-state index in [1.807, 2.05) is 55.5 Å². The lowest BCUT2D eigenvalue weighted by Crippen LogP contribution is -1.95. The Bertz CT molecular complexity index is 1000. The molecule has 124 valence electrons. The smallest absolute Gasteiger partial charge is 0.163 e. The average molecular weight is 330 g/mol. The lowest BCUT2D eigenvalue weighted by molar-refractivity contribution is 0.353. The van der Waals surface area contributed by atoms with Gasteiger partial charge in [-0.3, -0.25) is 4.98 Å². The number of aryl methyl sites for hydroxylation is 1. The zero-order valence-corrected chi connectivity index (χ0v) is 14.4. The molecule has 25 heavy (non-hydrogen) atoms. The molecule has 0 atom stereocenters. The fourth-order valence-electron chi connectivity index (χ4n) is 2.82. The number of nitrogens with zero attached hydrogens (tertiary/aromatic N) is 2. The highest BCUT2D eigenvalue weighted by Gasteiger charge is 2.12. The van der Waals surface area contributed by atoms with Gasteiger partial charge in [-0.1, -0.05) is 18.2 Å². The van der Waals surface area contributed by atoms with Gasteiger partial charge in [0.05, 0.1) is 31.4 Å². The minimum atomic E-state index is 0.543. The number of fused-ring (bicyclic) bond motifs is 1. The predicted octanol–water partition coefficient (Wildman–Crippen LogP) is 4.62. The molecule has 0 bridgehead atoms. The molecular formula is C21H18N2O2. The molecule has 0 fully saturated rings. The van der Waals surface area contributed by atoms with E-state index in [1.165, 1.54) is 0 Å². The fourth-order valence-corrected chi connectivity index (χ4v) is 2.82. The van der Waals surface area contributed by atoms with E-state index in [4.69, 9.17) is 9.47 Å². The number of aromatic nitrogens is 1. The Morgan fingerprint density at radius 3 is 2.64 bits per heavy atom. The molecular weight excluding hydrogens is 312 g/mol. The molecule has 0 saturated heterocycles. The highest BCUT2D eigenvalue weighted by Crippen LogP contribution is 2.34. The summed E-state index contributed by atoms with van der Waals surface area (Å²) in [5, 5.41) is 10.7. The molecule has 0 spiro atoms. The molecule has 0 radical (unpaired) electrons. The number of nitriles is 1. The number of hydrogen-bond acceptors (Lipinski definition) is 4. The van der Waals surface area contributed by atoms with Gasteiger partial charge in [-0.2, -0.15) is 5.26 Å². The highest BCUT2D eigenvalue weighted by molar-refractivity contribution is 5.92. The van der Waals surface area contributed by atoms with Gasteiger partial charge in [-0.05, 0) is 54.0 Å². The van der Waals surface area contributed by atoms with Crippen molar-refractivity contribution >= 4 is 22.6 Å². The number of pyridine rings is 1. The van der Waals surface area contributed by atoms with Gasteiger partial charge in [0.25, 0.3) is 0 Å². The van der Waals surface area contributed by atoms with Crippen LogP contribution in [0.5, 0.6) is 11.5 Å². The topological polar surface area (TPSA) is 55.1 Å². The molecule has 2 aromatic carbocycles. The Hall–Kier alpha value is -3.32. The number of allylic oxidation sites excluding steroid dienone is 1. The maximum absolute atomic E-state index is 9.62. The van der Waals surface area contributed by atoms with Gasteiger partial charge in [-0.15, -0.1) is 0 Å². The summed E-state index contributed by atoms with van der Waals surface area (Å²) in [5.41, 5.74) is 4.05. The van der Waals surface area contributed by atoms with E-state index < -0.39 is 0 Å². The molecule has 0 aliphatic carbocycles. The number of rotatable bonds is 4. The third kappa shape index (κ3) is 3.31. The van der Waals surface area contributed by atoms with Crippen LogP contribution in [0.4, 0.5) is 0 Å². The van der Waals surface area contributed by atoms with E-state index in [0.29, 0.717) is 17.1 Å². The van der Waals surface area contributed by atoms with Crippen molar-refractivity contribution in [2.45, 2.75) is 6.92 Å². The fraction of sp³-hybridized carbons (Fsp3) is 0.143. The van der Waals surface area contributed by atoms with Gasteiger partial charge in [0, 0.05) is 11.6 Å². The summed E-state index contributed by atoms with van der Waals surface area (Å²) in [4.78, 5) is 4.44. The molecule has 3 rings (SSSR count). The van der Waals surface area contributed by atoms with Gasteiger partial charge in [0.1, 0.15) is 0 Å². The summed E-state index contributed by atoms with van der Waals surface area (Å²) in [7, 11) is 3.19. The predicted molar refractivity (Wildman–Crippen MR) is 99.5 cm³/mol. The van der Waals surface area contributed by atoms with E-state index in [2.05, 4.69) is 11.1 Å². The van der Waals surface area contributed by atoms with Crippen LogP contribution in [0.2, 0.25) is 0 Å². The molecule has 0 amide bonds. The highest BCUT2D eigenvalue weighted by atomic mass is 16.5. The molecule has 4 heteroatoms. The summed E-state index contributed by atoms with van der Waals surface area (Å²) in [6, 6.07) is 15.9. The third-order valence-electron chi connectivity index (χ3n) is 4.02. The van der Waals surface area contributed by atoms with Crippen molar-refractivity contribution in [1.82, 2.24) is 4.98 Å². The standard InChI is InChI=1S/C21H18N2O2/c1-14-8-17(11-20(24-2)21(14)25-3)18(12-22)10-15-9-16-6-4-5-7-19(16)23-13-15/h4-11,13H,1-3H3/b18-10+. The zero-order valence-electron chi connectivity index (χ0n) is 14.4. The van der Waals surface area contributed by atoms with Gasteiger partial charge >= 0.3 is 0 Å². The van der Waals surface area contributed by atoms with Crippen LogP contribution in [-0.2, 0) is 0 Å². The number of hydrogen-bond donors (Lipinski definition) is 0. The second kappa shape index (κ2) is 7.06. The Kier molecular flexibility index (Phi) is 4.67. The van der Waals surface area contributed by atoms with Crippen molar-refractivity contribution in [2.24, 2.45) is 0 Å². The monoisotopic (exact) mass is 330 g/mol. The van der Waals surface area contributed by atoms with Gasteiger partial charge in [0.15, 0.2) is 11.5 Å². The third-order valence-corrected chi connectivity index (χ3v) is 4.02. The molecule has 4 nitrogen and oxygen atoms in total. The number of para-hydroxylation sites is 1. The molecule has 1 aromatic heterocycles. The number of methoxy groups -OCH3 is 2. The largest absolute Gasteiger partial charge is 0.493 e. The Morgan fingerprint density at radius 1 is 1.12 bits per heavy atom. The molecule has 3 aromatic rings. The summed E-state index contributed by atoms with van der Waals surface area (Å²) >= 11 is 0. The molecule has 0 N–H and O–H groups in total. The van der Waals surface area contributed by atoms with Gasteiger partial charge in [-0.25, -0.2) is 0 Å². The quantitative estimate of drug-likeness (QED) is 0.655. The first-order valence-corrected chi connectivity index (χ1v) is 7.86. The normalized spacial score (nSPS) is 11.2. The first-order valence-electron chi connectivity index (χ1n) is 7.86. The molecule has 0 aliphatic rings. The van der Waals surface area contributed by atoms with E-state index in [9.17, 15) is 5.26 Å². The minimum absolute atomic E-state index is 0.543. The van der Waals surface area contributed by atoms with Crippen molar-refractivity contribution in [1.29, 1.82) is 5.26 Å². The van der Waals surface area contributed by atoms with Crippen LogP contribution in [0.25, 0.3) is 22.6 Å². The molecule has 0 aliphatic heterocycles. The van der Waals surface area contributed by atoms with Crippen molar-refractivity contribution in [2.75, 3.05) is 14.2 Å². The van der Waals surface area contributed by atoms with Crippen LogP contribution >= 0.6 is 0 Å². The summed E-state index contributed by atoms with van der Waals surface area (Å²) in [6.45, 7) is 1.93. The Labute approximate surface area is 147 Å². The number of ether oxygens (including phenoxy) is 2. The summed E-state index contributed by atoms with van der Waals surface area (Å²) in [5.74, 6) is 1.28. The van der Waals surface area contributed by atoms with E-state index in [1.54, 1.807) is 20.4 Å². The number of benzene rings is 2. The van der Waals surface area contributed by atoms with Crippen molar-refractivity contribution in [3.63, 3.8) is 0 Å². The minimum Gasteiger partial charge on any atom is -0.493 e. The molecule has 1 heterocycles. The van der Waals surface area contributed by atoms with Crippen LogP contribution in [0.1, 0.15) is 16.7 Å². The Morgan fingerprint density at radius 2 is 1.92 bits per heavy atom.